The molecule has 0 aromatic heterocycles. The van der Waals surface area contributed by atoms with Crippen LogP contribution < -0.4 is 5.32 Å². The summed E-state index contributed by atoms with van der Waals surface area (Å²) in [5, 5.41) is 3.49. The Balaban J connectivity index is 0.00000312. The molecule has 0 unspecified atom stereocenters. The van der Waals surface area contributed by atoms with Gasteiger partial charge in [-0.15, -0.1) is 24.0 Å². The molecule has 1 fully saturated rings. The Morgan fingerprint density at radius 1 is 1.12 bits per heavy atom. The Morgan fingerprint density at radius 3 is 2.36 bits per heavy atom. The van der Waals surface area contributed by atoms with Crippen molar-refractivity contribution in [1.82, 2.24) is 15.1 Å². The van der Waals surface area contributed by atoms with Crippen molar-refractivity contribution in [2.24, 2.45) is 4.99 Å². The lowest BCUT2D eigenvalue weighted by Gasteiger charge is -2.22. The van der Waals surface area contributed by atoms with Crippen LogP contribution in [0.1, 0.15) is 43.7 Å². The highest BCUT2D eigenvalue weighted by Crippen LogP contribution is 2.09. The van der Waals surface area contributed by atoms with Crippen molar-refractivity contribution in [2.45, 2.75) is 45.6 Å². The van der Waals surface area contributed by atoms with Gasteiger partial charge in [0.2, 0.25) is 0 Å². The lowest BCUT2D eigenvalue weighted by atomic mass is 10.1. The van der Waals surface area contributed by atoms with Crippen LogP contribution in [0.4, 0.5) is 0 Å². The predicted octanol–water partition coefficient (Wildman–Crippen LogP) is 3.75. The fourth-order valence-electron chi connectivity index (χ4n) is 3.28. The molecule has 25 heavy (non-hydrogen) atoms. The van der Waals surface area contributed by atoms with Crippen LogP contribution in [0.5, 0.6) is 0 Å². The van der Waals surface area contributed by atoms with Crippen molar-refractivity contribution in [3.63, 3.8) is 0 Å². The first-order chi connectivity index (χ1) is 11.7. The van der Waals surface area contributed by atoms with E-state index in [1.807, 2.05) is 7.05 Å². The van der Waals surface area contributed by atoms with Crippen LogP contribution in [0, 0.1) is 0 Å². The first kappa shape index (κ1) is 22.2. The van der Waals surface area contributed by atoms with Gasteiger partial charge in [0.25, 0.3) is 0 Å². The van der Waals surface area contributed by atoms with E-state index in [9.17, 15) is 0 Å². The van der Waals surface area contributed by atoms with E-state index in [-0.39, 0.29) is 24.0 Å². The molecule has 1 heterocycles. The number of guanidine groups is 1. The van der Waals surface area contributed by atoms with E-state index in [1.54, 1.807) is 0 Å². The number of halogens is 1. The molecule has 142 valence electrons. The summed E-state index contributed by atoms with van der Waals surface area (Å²) in [6.07, 6.45) is 6.33. The molecule has 1 aliphatic rings. The third-order valence-electron chi connectivity index (χ3n) is 4.81. The van der Waals surface area contributed by atoms with Crippen LogP contribution in [0.3, 0.4) is 0 Å². The van der Waals surface area contributed by atoms with Gasteiger partial charge in [-0.05, 0) is 62.9 Å². The topological polar surface area (TPSA) is 30.9 Å². The summed E-state index contributed by atoms with van der Waals surface area (Å²) < 4.78 is 0. The van der Waals surface area contributed by atoms with E-state index in [4.69, 9.17) is 0 Å². The van der Waals surface area contributed by atoms with Gasteiger partial charge in [-0.25, -0.2) is 0 Å². The number of likely N-dealkylation sites (tertiary alicyclic amines) is 1. The molecule has 1 N–H and O–H groups in total. The van der Waals surface area contributed by atoms with Gasteiger partial charge < -0.3 is 15.1 Å². The van der Waals surface area contributed by atoms with Crippen LogP contribution in [0.25, 0.3) is 0 Å². The normalized spacial score (nSPS) is 15.1. The van der Waals surface area contributed by atoms with Crippen LogP contribution in [0.15, 0.2) is 29.3 Å². The number of hydrogen-bond donors (Lipinski definition) is 1. The molecule has 1 saturated heterocycles. The highest BCUT2D eigenvalue weighted by atomic mass is 127. The Kier molecular flexibility index (Phi) is 11.1. The maximum Gasteiger partial charge on any atom is 0.193 e. The Bertz CT molecular complexity index is 495. The van der Waals surface area contributed by atoms with Crippen molar-refractivity contribution < 1.29 is 0 Å². The van der Waals surface area contributed by atoms with Gasteiger partial charge in [0.05, 0.1) is 0 Å². The second-order valence-corrected chi connectivity index (χ2v) is 6.76. The van der Waals surface area contributed by atoms with Gasteiger partial charge in [0.15, 0.2) is 5.96 Å². The van der Waals surface area contributed by atoms with E-state index < -0.39 is 0 Å². The fourth-order valence-corrected chi connectivity index (χ4v) is 3.28. The number of benzene rings is 1. The quantitative estimate of drug-likeness (QED) is 0.279. The number of nitrogens with zero attached hydrogens (tertiary/aromatic N) is 3. The second kappa shape index (κ2) is 12.5. The molecule has 0 aliphatic carbocycles. The number of rotatable bonds is 8. The first-order valence-corrected chi connectivity index (χ1v) is 9.45. The van der Waals surface area contributed by atoms with Crippen LogP contribution >= 0.6 is 24.0 Å². The number of aryl methyl sites for hydroxylation is 1. The number of hydrogen-bond acceptors (Lipinski definition) is 2. The molecule has 1 aromatic carbocycles. The van der Waals surface area contributed by atoms with Gasteiger partial charge in [-0.3, -0.25) is 4.99 Å². The van der Waals surface area contributed by atoms with E-state index >= 15 is 0 Å². The Hall–Kier alpha value is -0.820. The van der Waals surface area contributed by atoms with Crippen LogP contribution in [-0.4, -0.2) is 56.0 Å². The lowest BCUT2D eigenvalue weighted by Crippen LogP contribution is -2.39. The zero-order valence-electron chi connectivity index (χ0n) is 16.1. The summed E-state index contributed by atoms with van der Waals surface area (Å²) >= 11 is 0. The zero-order valence-corrected chi connectivity index (χ0v) is 18.5. The number of unbranched alkanes of at least 4 members (excludes halogenated alkanes) is 1. The van der Waals surface area contributed by atoms with Crippen molar-refractivity contribution >= 4 is 29.9 Å². The second-order valence-electron chi connectivity index (χ2n) is 6.76. The molecule has 2 rings (SSSR count). The summed E-state index contributed by atoms with van der Waals surface area (Å²) in [6.45, 7) is 7.93. The van der Waals surface area contributed by atoms with Crippen LogP contribution in [0.2, 0.25) is 0 Å². The van der Waals surface area contributed by atoms with Crippen molar-refractivity contribution in [3.05, 3.63) is 35.4 Å². The highest BCUT2D eigenvalue weighted by molar-refractivity contribution is 14.0. The van der Waals surface area contributed by atoms with Gasteiger partial charge >= 0.3 is 0 Å². The van der Waals surface area contributed by atoms with E-state index in [0.29, 0.717) is 0 Å². The molecule has 0 radical (unpaired) electrons. The molecule has 0 saturated carbocycles. The van der Waals surface area contributed by atoms with E-state index in [0.717, 1.165) is 25.5 Å². The van der Waals surface area contributed by atoms with Crippen LogP contribution in [-0.2, 0) is 13.0 Å². The molecule has 5 heteroatoms. The lowest BCUT2D eigenvalue weighted by molar-refractivity contribution is 0.330. The molecule has 0 spiro atoms. The summed E-state index contributed by atoms with van der Waals surface area (Å²) in [5.74, 6) is 0.982. The molecule has 0 bridgehead atoms. The minimum absolute atomic E-state index is 0. The average molecular weight is 458 g/mol. The summed E-state index contributed by atoms with van der Waals surface area (Å²) in [4.78, 5) is 9.19. The van der Waals surface area contributed by atoms with Crippen molar-refractivity contribution in [2.75, 3.05) is 40.3 Å². The number of aliphatic imine (C=N–C) groups is 1. The summed E-state index contributed by atoms with van der Waals surface area (Å²) in [6, 6.07) is 8.88. The smallest absolute Gasteiger partial charge is 0.193 e. The van der Waals surface area contributed by atoms with E-state index in [1.165, 1.54) is 56.4 Å². The highest BCUT2D eigenvalue weighted by Gasteiger charge is 2.10. The van der Waals surface area contributed by atoms with Crippen molar-refractivity contribution in [1.29, 1.82) is 0 Å². The van der Waals surface area contributed by atoms with E-state index in [2.05, 4.69) is 58.3 Å². The Morgan fingerprint density at radius 2 is 1.76 bits per heavy atom. The first-order valence-electron chi connectivity index (χ1n) is 9.45. The Labute approximate surface area is 171 Å². The molecular formula is C20H35IN4. The summed E-state index contributed by atoms with van der Waals surface area (Å²) in [5.41, 5.74) is 2.72. The predicted molar refractivity (Wildman–Crippen MR) is 119 cm³/mol. The molecule has 1 aliphatic heterocycles. The molecule has 0 amide bonds. The standard InChI is InChI=1S/C20H34N4.HI/c1-4-18-9-11-19(12-10-18)17-23(3)20(21-2)22-13-5-6-14-24-15-7-8-16-24;/h9-12H,4-8,13-17H2,1-3H3,(H,21,22);1H. The number of nitrogens with one attached hydrogen (secondary N) is 1. The maximum atomic E-state index is 4.41. The molecule has 0 atom stereocenters. The van der Waals surface area contributed by atoms with Crippen molar-refractivity contribution in [3.8, 4) is 0 Å². The summed E-state index contributed by atoms with van der Waals surface area (Å²) in [7, 11) is 3.97. The minimum Gasteiger partial charge on any atom is -0.356 e. The third-order valence-corrected chi connectivity index (χ3v) is 4.81. The largest absolute Gasteiger partial charge is 0.356 e. The van der Waals surface area contributed by atoms with Gasteiger partial charge in [0, 0.05) is 27.2 Å². The minimum atomic E-state index is 0. The molecule has 4 nitrogen and oxygen atoms in total. The van der Waals surface area contributed by atoms with Gasteiger partial charge in [-0.2, -0.15) is 0 Å². The molecule has 1 aromatic rings. The fraction of sp³-hybridized carbons (Fsp3) is 0.650. The SMILES string of the molecule is CCc1ccc(CN(C)C(=NC)NCCCCN2CCCC2)cc1.I. The van der Waals surface area contributed by atoms with Gasteiger partial charge in [0.1, 0.15) is 0 Å². The van der Waals surface area contributed by atoms with Gasteiger partial charge in [-0.1, -0.05) is 31.2 Å². The molecular weight excluding hydrogens is 423 g/mol. The zero-order chi connectivity index (χ0) is 17.2. The third kappa shape index (κ3) is 7.94. The maximum absolute atomic E-state index is 4.41. The monoisotopic (exact) mass is 458 g/mol. The average Bonchev–Trinajstić information content (AvgIpc) is 3.12.